The third-order valence-electron chi connectivity index (χ3n) is 13.5. The zero-order chi connectivity index (χ0) is 32.9. The number of fused-ring (bicyclic) bond motifs is 1. The molecule has 2 unspecified atom stereocenters. The van der Waals surface area contributed by atoms with Crippen LogP contribution in [-0.4, -0.2) is 34.6 Å². The molecule has 4 fully saturated rings. The number of ketones is 1. The Morgan fingerprint density at radius 2 is 1.57 bits per heavy atom. The van der Waals surface area contributed by atoms with Crippen molar-refractivity contribution in [3.8, 4) is 0 Å². The minimum Gasteiger partial charge on any atom is -0.413 e. The zero-order valence-corrected chi connectivity index (χ0v) is 32.8. The fraction of sp³-hybridized carbons (Fsp3) is 0.821. The van der Waals surface area contributed by atoms with Crippen LogP contribution in [0.1, 0.15) is 126 Å². The Hall–Kier alpha value is -0.756. The quantitative estimate of drug-likeness (QED) is 0.248. The SMILES string of the molecule is C=C1/C(=C\C=C2/CCC[C@@]3(C)C2CC[C@@H]3[C@H](C)CC2CCC(=O)C2)C[C@@H](O[Si](C)(C)C(C)(C)C)C[C@@H]1O[Si](C)(C)C(C)(C)C. The van der Waals surface area contributed by atoms with E-state index in [4.69, 9.17) is 8.85 Å². The molecular weight excluding hydrogens is 573 g/mol. The van der Waals surface area contributed by atoms with Crippen LogP contribution in [0.2, 0.25) is 36.3 Å². The van der Waals surface area contributed by atoms with Gasteiger partial charge >= 0.3 is 0 Å². The van der Waals surface area contributed by atoms with Crippen molar-refractivity contribution in [3.05, 3.63) is 35.5 Å². The lowest BCUT2D eigenvalue weighted by Gasteiger charge is -2.46. The van der Waals surface area contributed by atoms with E-state index in [1.54, 1.807) is 5.57 Å². The molecule has 0 saturated heterocycles. The lowest BCUT2D eigenvalue weighted by atomic mass is 9.60. The van der Waals surface area contributed by atoms with Crippen molar-refractivity contribution in [2.75, 3.05) is 0 Å². The first-order chi connectivity index (χ1) is 20.1. The van der Waals surface area contributed by atoms with Crippen LogP contribution in [0.3, 0.4) is 0 Å². The van der Waals surface area contributed by atoms with Crippen LogP contribution < -0.4 is 0 Å². The van der Waals surface area contributed by atoms with E-state index in [-0.39, 0.29) is 22.3 Å². The predicted molar refractivity (Wildman–Crippen MR) is 193 cm³/mol. The Labute approximate surface area is 274 Å². The van der Waals surface area contributed by atoms with E-state index in [0.717, 1.165) is 38.0 Å². The average Bonchev–Trinajstić information content (AvgIpc) is 3.45. The fourth-order valence-corrected chi connectivity index (χ4v) is 11.4. The van der Waals surface area contributed by atoms with Crippen molar-refractivity contribution in [1.29, 1.82) is 0 Å². The Kier molecular flexibility index (Phi) is 10.7. The average molecular weight is 641 g/mol. The number of allylic oxidation sites excluding steroid dienone is 3. The molecule has 4 aliphatic rings. The van der Waals surface area contributed by atoms with Gasteiger partial charge in [0.05, 0.1) is 12.2 Å². The lowest BCUT2D eigenvalue weighted by Crippen LogP contribution is -2.49. The largest absolute Gasteiger partial charge is 0.413 e. The summed E-state index contributed by atoms with van der Waals surface area (Å²) in [7, 11) is -3.90. The Bertz CT molecular complexity index is 1130. The third-order valence-corrected chi connectivity index (χ3v) is 22.5. The summed E-state index contributed by atoms with van der Waals surface area (Å²) in [4.78, 5) is 11.9. The van der Waals surface area contributed by atoms with Gasteiger partial charge in [-0.05, 0) is 128 Å². The molecule has 4 rings (SSSR count). The van der Waals surface area contributed by atoms with Crippen molar-refractivity contribution in [2.45, 2.75) is 174 Å². The molecule has 7 atom stereocenters. The van der Waals surface area contributed by atoms with Gasteiger partial charge in [0.2, 0.25) is 0 Å². The van der Waals surface area contributed by atoms with E-state index >= 15 is 0 Å². The zero-order valence-electron chi connectivity index (χ0n) is 30.8. The topological polar surface area (TPSA) is 35.5 Å². The Balaban J connectivity index is 1.57. The minimum atomic E-state index is -1.97. The van der Waals surface area contributed by atoms with Gasteiger partial charge in [0.25, 0.3) is 0 Å². The number of hydrogen-bond acceptors (Lipinski definition) is 3. The highest BCUT2D eigenvalue weighted by atomic mass is 28.4. The summed E-state index contributed by atoms with van der Waals surface area (Å²) in [6.07, 6.45) is 17.6. The van der Waals surface area contributed by atoms with E-state index < -0.39 is 16.6 Å². The molecule has 4 aliphatic carbocycles. The molecular formula is C39H68O3Si2. The summed E-state index contributed by atoms with van der Waals surface area (Å²) in [5, 5.41) is 0.335. The van der Waals surface area contributed by atoms with Crippen LogP contribution in [0, 0.1) is 29.1 Å². The molecule has 250 valence electrons. The molecule has 0 amide bonds. The molecule has 0 aromatic heterocycles. The first-order valence-electron chi connectivity index (χ1n) is 18.1. The molecule has 0 radical (unpaired) electrons. The van der Waals surface area contributed by atoms with E-state index in [9.17, 15) is 4.79 Å². The molecule has 4 saturated carbocycles. The van der Waals surface area contributed by atoms with Gasteiger partial charge in [-0.3, -0.25) is 4.79 Å². The smallest absolute Gasteiger partial charge is 0.192 e. The molecule has 5 heteroatoms. The summed E-state index contributed by atoms with van der Waals surface area (Å²) < 4.78 is 14.2. The van der Waals surface area contributed by atoms with Gasteiger partial charge in [-0.2, -0.15) is 0 Å². The van der Waals surface area contributed by atoms with Gasteiger partial charge in [-0.15, -0.1) is 0 Å². The highest BCUT2D eigenvalue weighted by Gasteiger charge is 2.51. The highest BCUT2D eigenvalue weighted by Crippen LogP contribution is 2.60. The number of carbonyl (C=O) groups is 1. The number of rotatable bonds is 8. The Morgan fingerprint density at radius 1 is 0.932 bits per heavy atom. The van der Waals surface area contributed by atoms with Crippen LogP contribution in [0.4, 0.5) is 0 Å². The van der Waals surface area contributed by atoms with Crippen LogP contribution in [0.25, 0.3) is 0 Å². The van der Waals surface area contributed by atoms with Crippen LogP contribution >= 0.6 is 0 Å². The molecule has 0 heterocycles. The van der Waals surface area contributed by atoms with Gasteiger partial charge < -0.3 is 8.85 Å². The van der Waals surface area contributed by atoms with E-state index in [1.165, 1.54) is 49.7 Å². The molecule has 0 aromatic carbocycles. The van der Waals surface area contributed by atoms with Gasteiger partial charge in [0.1, 0.15) is 5.78 Å². The summed E-state index contributed by atoms with van der Waals surface area (Å²) >= 11 is 0. The maximum atomic E-state index is 11.9. The summed E-state index contributed by atoms with van der Waals surface area (Å²) in [5.74, 6) is 3.28. The van der Waals surface area contributed by atoms with Gasteiger partial charge in [0, 0.05) is 19.3 Å². The second-order valence-electron chi connectivity index (χ2n) is 18.7. The Morgan fingerprint density at radius 3 is 2.16 bits per heavy atom. The maximum absolute atomic E-state index is 11.9. The minimum absolute atomic E-state index is 0.0276. The summed E-state index contributed by atoms with van der Waals surface area (Å²) in [5.41, 5.74) is 4.58. The van der Waals surface area contributed by atoms with Crippen molar-refractivity contribution >= 4 is 22.4 Å². The predicted octanol–water partition coefficient (Wildman–Crippen LogP) is 11.6. The van der Waals surface area contributed by atoms with Crippen LogP contribution in [-0.2, 0) is 13.6 Å². The van der Waals surface area contributed by atoms with Gasteiger partial charge in [-0.25, -0.2) is 0 Å². The van der Waals surface area contributed by atoms with E-state index in [0.29, 0.717) is 29.0 Å². The maximum Gasteiger partial charge on any atom is 0.192 e. The van der Waals surface area contributed by atoms with Gasteiger partial charge in [-0.1, -0.05) is 79.7 Å². The van der Waals surface area contributed by atoms with Crippen molar-refractivity contribution < 1.29 is 13.6 Å². The van der Waals surface area contributed by atoms with Crippen molar-refractivity contribution in [1.82, 2.24) is 0 Å². The standard InChI is InChI=1S/C39H68O3Si2/c1-27(23-29-16-19-32(40)24-29)34-20-21-35-30(15-14-22-39(34,35)9)17-18-31-25-33(41-43(10,11)37(3,4)5)26-36(28(31)2)42-44(12,13)38(6,7)8/h17-18,27,29,33-36H,2,14-16,19-26H2,1,3-13H3/b30-17+,31-18-/t27-,29?,33-,34-,35?,36+,39-/m1/s1. The third kappa shape index (κ3) is 7.68. The lowest BCUT2D eigenvalue weighted by molar-refractivity contribution is -0.117. The van der Waals surface area contributed by atoms with E-state index in [1.807, 2.05) is 0 Å². The summed E-state index contributed by atoms with van der Waals surface area (Å²) in [6, 6.07) is 0. The van der Waals surface area contributed by atoms with E-state index in [2.05, 4.69) is 100 Å². The number of hydrogen-bond donors (Lipinski definition) is 0. The first kappa shape index (κ1) is 36.1. The molecule has 0 bridgehead atoms. The van der Waals surface area contributed by atoms with Crippen LogP contribution in [0.5, 0.6) is 0 Å². The molecule has 44 heavy (non-hydrogen) atoms. The number of carbonyl (C=O) groups excluding carboxylic acids is 1. The molecule has 0 aromatic rings. The van der Waals surface area contributed by atoms with Crippen molar-refractivity contribution in [2.24, 2.45) is 29.1 Å². The normalized spacial score (nSPS) is 35.0. The van der Waals surface area contributed by atoms with Gasteiger partial charge in [0.15, 0.2) is 16.6 Å². The second kappa shape index (κ2) is 13.0. The summed E-state index contributed by atoms with van der Waals surface area (Å²) in [6.45, 7) is 33.3. The number of Topliss-reactive ketones (excluding diaryl/α,β-unsaturated/α-hetero) is 1. The van der Waals surface area contributed by atoms with Crippen LogP contribution in [0.15, 0.2) is 35.5 Å². The fourth-order valence-electron chi connectivity index (χ4n) is 8.76. The van der Waals surface area contributed by atoms with Crippen molar-refractivity contribution in [3.63, 3.8) is 0 Å². The highest BCUT2D eigenvalue weighted by molar-refractivity contribution is 6.74. The molecule has 3 nitrogen and oxygen atoms in total. The molecule has 0 N–H and O–H groups in total. The first-order valence-corrected chi connectivity index (χ1v) is 23.9. The molecule has 0 aliphatic heterocycles. The monoisotopic (exact) mass is 640 g/mol. The molecule has 0 spiro atoms. The second-order valence-corrected chi connectivity index (χ2v) is 28.2.